The molecule has 0 aliphatic heterocycles. The molecule has 6 nitrogen and oxygen atoms in total. The summed E-state index contributed by atoms with van der Waals surface area (Å²) in [4.78, 5) is 29.0. The third-order valence-corrected chi connectivity index (χ3v) is 4.83. The fourth-order valence-corrected chi connectivity index (χ4v) is 3.37. The normalized spacial score (nSPS) is 17.0. The topological polar surface area (TPSA) is 70.4 Å². The zero-order chi connectivity index (χ0) is 17.9. The largest absolute Gasteiger partial charge is 0.466 e. The first-order valence-corrected chi connectivity index (χ1v) is 8.46. The lowest BCUT2D eigenvalue weighted by Gasteiger charge is -2.26. The van der Waals surface area contributed by atoms with Gasteiger partial charge < -0.3 is 14.0 Å². The molecule has 1 aromatic carbocycles. The number of hydrogen-bond donors (Lipinski definition) is 0. The summed E-state index contributed by atoms with van der Waals surface area (Å²) in [6.45, 7) is 1.99. The average Bonchev–Trinajstić information content (AvgIpc) is 3.31. The molecular weight excluding hydrogens is 320 g/mol. The van der Waals surface area contributed by atoms with Crippen molar-refractivity contribution in [3.8, 4) is 0 Å². The van der Waals surface area contributed by atoms with Crippen molar-refractivity contribution < 1.29 is 19.1 Å². The van der Waals surface area contributed by atoms with Crippen LogP contribution in [0.3, 0.4) is 0 Å². The fourth-order valence-electron chi connectivity index (χ4n) is 3.37. The average molecular weight is 342 g/mol. The van der Waals surface area contributed by atoms with E-state index in [1.54, 1.807) is 10.9 Å². The van der Waals surface area contributed by atoms with Crippen LogP contribution in [-0.2, 0) is 14.3 Å². The molecule has 0 bridgehead atoms. The molecule has 1 fully saturated rings. The standard InChI is InChI=1S/C19H22N2O4/c1-14(15-8-4-3-5-9-15)21-13-20-12-16(21)17(22)25-19(18(23)24-2)10-6-7-11-19/h3-5,8-9,12-14H,6-7,10-11H2,1-2H3. The predicted octanol–water partition coefficient (Wildman–Crippen LogP) is 3.14. The van der Waals surface area contributed by atoms with Crippen molar-refractivity contribution in [3.63, 3.8) is 0 Å². The van der Waals surface area contributed by atoms with Crippen molar-refractivity contribution in [3.05, 3.63) is 54.1 Å². The van der Waals surface area contributed by atoms with Crippen LogP contribution in [0.1, 0.15) is 54.7 Å². The Balaban J connectivity index is 1.84. The number of rotatable bonds is 5. The number of methoxy groups -OCH3 is 1. The molecule has 2 aromatic rings. The molecule has 1 aliphatic rings. The predicted molar refractivity (Wildman–Crippen MR) is 91.1 cm³/mol. The molecule has 0 amide bonds. The Morgan fingerprint density at radius 3 is 2.52 bits per heavy atom. The van der Waals surface area contributed by atoms with E-state index in [1.807, 2.05) is 37.3 Å². The van der Waals surface area contributed by atoms with Crippen LogP contribution in [0.4, 0.5) is 0 Å². The highest BCUT2D eigenvalue weighted by Crippen LogP contribution is 2.35. The third kappa shape index (κ3) is 3.29. The van der Waals surface area contributed by atoms with Gasteiger partial charge in [-0.05, 0) is 38.2 Å². The summed E-state index contributed by atoms with van der Waals surface area (Å²) in [6, 6.07) is 9.75. The molecule has 1 aromatic heterocycles. The van der Waals surface area contributed by atoms with Gasteiger partial charge in [0.05, 0.1) is 25.7 Å². The van der Waals surface area contributed by atoms with Crippen LogP contribution in [-0.4, -0.2) is 34.2 Å². The van der Waals surface area contributed by atoms with Crippen LogP contribution in [0, 0.1) is 0 Å². The van der Waals surface area contributed by atoms with Crippen LogP contribution in [0.5, 0.6) is 0 Å². The molecule has 1 unspecified atom stereocenters. The molecule has 0 spiro atoms. The van der Waals surface area contributed by atoms with E-state index in [2.05, 4.69) is 4.98 Å². The molecule has 1 aliphatic carbocycles. The number of benzene rings is 1. The Bertz CT molecular complexity index is 748. The molecule has 1 saturated carbocycles. The van der Waals surface area contributed by atoms with Gasteiger partial charge in [-0.3, -0.25) is 0 Å². The number of carbonyl (C=O) groups is 2. The maximum atomic E-state index is 12.8. The van der Waals surface area contributed by atoms with Crippen LogP contribution in [0.25, 0.3) is 0 Å². The van der Waals surface area contributed by atoms with Gasteiger partial charge in [0.2, 0.25) is 5.60 Å². The van der Waals surface area contributed by atoms with Crippen LogP contribution in [0.15, 0.2) is 42.9 Å². The van der Waals surface area contributed by atoms with E-state index in [1.165, 1.54) is 13.3 Å². The minimum absolute atomic E-state index is 0.0797. The van der Waals surface area contributed by atoms with Crippen LogP contribution < -0.4 is 0 Å². The molecule has 132 valence electrons. The Morgan fingerprint density at radius 1 is 1.20 bits per heavy atom. The fraction of sp³-hybridized carbons (Fsp3) is 0.421. The Kier molecular flexibility index (Phi) is 4.88. The Labute approximate surface area is 146 Å². The van der Waals surface area contributed by atoms with Crippen LogP contribution in [0.2, 0.25) is 0 Å². The van der Waals surface area contributed by atoms with E-state index in [4.69, 9.17) is 9.47 Å². The van der Waals surface area contributed by atoms with E-state index in [0.29, 0.717) is 18.5 Å². The first-order valence-electron chi connectivity index (χ1n) is 8.46. The SMILES string of the molecule is COC(=O)C1(OC(=O)c2cncn2C(C)c2ccccc2)CCCC1. The molecule has 1 heterocycles. The number of ether oxygens (including phenoxy) is 2. The van der Waals surface area contributed by atoms with E-state index in [0.717, 1.165) is 18.4 Å². The highest BCUT2D eigenvalue weighted by molar-refractivity contribution is 5.91. The van der Waals surface area contributed by atoms with Crippen molar-refractivity contribution >= 4 is 11.9 Å². The van der Waals surface area contributed by atoms with Gasteiger partial charge >= 0.3 is 11.9 Å². The molecular formula is C19H22N2O4. The van der Waals surface area contributed by atoms with Gasteiger partial charge in [0, 0.05) is 0 Å². The van der Waals surface area contributed by atoms with Crippen molar-refractivity contribution in [1.29, 1.82) is 0 Å². The zero-order valence-corrected chi connectivity index (χ0v) is 14.5. The number of carbonyl (C=O) groups excluding carboxylic acids is 2. The summed E-state index contributed by atoms with van der Waals surface area (Å²) in [5.74, 6) is -1.03. The van der Waals surface area contributed by atoms with Crippen molar-refractivity contribution in [2.45, 2.75) is 44.2 Å². The Morgan fingerprint density at radius 2 is 1.88 bits per heavy atom. The summed E-state index contributed by atoms with van der Waals surface area (Å²) < 4.78 is 12.3. The highest BCUT2D eigenvalue weighted by atomic mass is 16.6. The summed E-state index contributed by atoms with van der Waals surface area (Å²) in [7, 11) is 1.32. The monoisotopic (exact) mass is 342 g/mol. The number of aromatic nitrogens is 2. The molecule has 3 rings (SSSR count). The van der Waals surface area contributed by atoms with Crippen molar-refractivity contribution in [1.82, 2.24) is 9.55 Å². The maximum Gasteiger partial charge on any atom is 0.357 e. The summed E-state index contributed by atoms with van der Waals surface area (Å²) in [5, 5.41) is 0. The van der Waals surface area contributed by atoms with Crippen molar-refractivity contribution in [2.24, 2.45) is 0 Å². The highest BCUT2D eigenvalue weighted by Gasteiger charge is 2.46. The lowest BCUT2D eigenvalue weighted by molar-refractivity contribution is -0.162. The summed E-state index contributed by atoms with van der Waals surface area (Å²) in [6.07, 6.45) is 5.74. The van der Waals surface area contributed by atoms with E-state index in [-0.39, 0.29) is 6.04 Å². The van der Waals surface area contributed by atoms with Gasteiger partial charge in [0.1, 0.15) is 5.69 Å². The molecule has 0 N–H and O–H groups in total. The number of nitrogens with zero attached hydrogens (tertiary/aromatic N) is 2. The van der Waals surface area contributed by atoms with Gasteiger partial charge in [0.25, 0.3) is 0 Å². The first-order chi connectivity index (χ1) is 12.1. The van der Waals surface area contributed by atoms with Gasteiger partial charge in [-0.1, -0.05) is 30.3 Å². The minimum atomic E-state index is -1.17. The number of esters is 2. The second-order valence-electron chi connectivity index (χ2n) is 6.36. The lowest BCUT2D eigenvalue weighted by Crippen LogP contribution is -2.42. The number of imidazole rings is 1. The van der Waals surface area contributed by atoms with E-state index in [9.17, 15) is 9.59 Å². The van der Waals surface area contributed by atoms with Gasteiger partial charge in [-0.25, -0.2) is 14.6 Å². The van der Waals surface area contributed by atoms with Gasteiger partial charge in [0.15, 0.2) is 0 Å². The first kappa shape index (κ1) is 17.2. The summed E-state index contributed by atoms with van der Waals surface area (Å²) in [5.41, 5.74) is 0.210. The van der Waals surface area contributed by atoms with Gasteiger partial charge in [-0.15, -0.1) is 0 Å². The summed E-state index contributed by atoms with van der Waals surface area (Å²) >= 11 is 0. The van der Waals surface area contributed by atoms with E-state index < -0.39 is 17.5 Å². The molecule has 1 atom stereocenters. The van der Waals surface area contributed by atoms with E-state index >= 15 is 0 Å². The van der Waals surface area contributed by atoms with Gasteiger partial charge in [-0.2, -0.15) is 0 Å². The smallest absolute Gasteiger partial charge is 0.357 e. The number of hydrogen-bond acceptors (Lipinski definition) is 5. The maximum absolute atomic E-state index is 12.8. The molecule has 0 saturated heterocycles. The minimum Gasteiger partial charge on any atom is -0.466 e. The lowest BCUT2D eigenvalue weighted by atomic mass is 10.0. The van der Waals surface area contributed by atoms with Crippen molar-refractivity contribution in [2.75, 3.05) is 7.11 Å². The quantitative estimate of drug-likeness (QED) is 0.781. The molecule has 0 radical (unpaired) electrons. The van der Waals surface area contributed by atoms with Crippen LogP contribution >= 0.6 is 0 Å². The zero-order valence-electron chi connectivity index (χ0n) is 14.5. The second-order valence-corrected chi connectivity index (χ2v) is 6.36. The second kappa shape index (κ2) is 7.09. The molecule has 6 heteroatoms. The Hall–Kier alpha value is -2.63. The molecule has 25 heavy (non-hydrogen) atoms. The third-order valence-electron chi connectivity index (χ3n) is 4.83.